The van der Waals surface area contributed by atoms with Gasteiger partial charge in [0.15, 0.2) is 12.1 Å². The number of aliphatic hydroxyl groups is 6. The van der Waals surface area contributed by atoms with E-state index in [0.29, 0.717) is 12.3 Å². The number of ether oxygens (including phenoxy) is 4. The van der Waals surface area contributed by atoms with Crippen molar-refractivity contribution < 1.29 is 49.6 Å². The van der Waals surface area contributed by atoms with E-state index in [9.17, 15) is 30.6 Å². The van der Waals surface area contributed by atoms with Crippen molar-refractivity contribution in [2.75, 3.05) is 6.61 Å². The summed E-state index contributed by atoms with van der Waals surface area (Å²) >= 11 is 0. The minimum absolute atomic E-state index is 0.0126. The fourth-order valence-electron chi connectivity index (χ4n) is 14.0. The minimum atomic E-state index is -1.32. The van der Waals surface area contributed by atoms with Crippen molar-refractivity contribution in [1.82, 2.24) is 0 Å². The van der Waals surface area contributed by atoms with E-state index in [0.717, 1.165) is 38.5 Å². The standard InChI is InChI=1S/C35H56O10/c1-16-12-18-26(30(4,5)41)45-35(44-18)25(16)32(7)21(37)13-34-15-33(34)11-10-22(43-27-24(39)23(38)17(36)14-42-27)29(2,3)19(33)8-9-20(34)31(32,6)28(35)40/h16-28,36-41H,8-15H2,1-7H3/t16-,17+,18?,19+,20+,21-,22+,23+,24-,25-,26?,27+,28-,31-,32-,33-,34+,35+/m1/s1. The zero-order valence-corrected chi connectivity index (χ0v) is 28.0. The molecule has 0 aromatic rings. The van der Waals surface area contributed by atoms with Crippen LogP contribution in [0.25, 0.3) is 0 Å². The lowest BCUT2D eigenvalue weighted by Gasteiger charge is -2.65. The molecular formula is C35H56O10. The van der Waals surface area contributed by atoms with Gasteiger partial charge in [0.25, 0.3) is 0 Å². The van der Waals surface area contributed by atoms with Gasteiger partial charge in [0, 0.05) is 16.7 Å². The van der Waals surface area contributed by atoms with E-state index >= 15 is 0 Å². The lowest BCUT2D eigenvalue weighted by molar-refractivity contribution is -0.304. The fraction of sp³-hybridized carbons (Fsp3) is 1.00. The topological polar surface area (TPSA) is 158 Å². The van der Waals surface area contributed by atoms with Gasteiger partial charge in [-0.1, -0.05) is 34.6 Å². The Hall–Kier alpha value is -0.400. The summed E-state index contributed by atoms with van der Waals surface area (Å²) < 4.78 is 25.6. The maximum absolute atomic E-state index is 12.7. The summed E-state index contributed by atoms with van der Waals surface area (Å²) in [5.41, 5.74) is -2.78. The highest BCUT2D eigenvalue weighted by Gasteiger charge is 2.89. The van der Waals surface area contributed by atoms with Gasteiger partial charge in [-0.2, -0.15) is 0 Å². The molecule has 0 amide bonds. The second-order valence-electron chi connectivity index (χ2n) is 18.4. The van der Waals surface area contributed by atoms with Crippen LogP contribution >= 0.6 is 0 Å². The number of aliphatic hydroxyl groups excluding tert-OH is 5. The van der Waals surface area contributed by atoms with Crippen LogP contribution in [-0.4, -0.2) is 104 Å². The van der Waals surface area contributed by atoms with Crippen LogP contribution in [0.3, 0.4) is 0 Å². The number of rotatable bonds is 3. The smallest absolute Gasteiger partial charge is 0.199 e. The predicted molar refractivity (Wildman–Crippen MR) is 160 cm³/mol. The molecule has 2 bridgehead atoms. The van der Waals surface area contributed by atoms with Crippen molar-refractivity contribution in [3.05, 3.63) is 0 Å². The lowest BCUT2D eigenvalue weighted by atomic mass is 9.40. The van der Waals surface area contributed by atoms with Crippen molar-refractivity contribution in [2.24, 2.45) is 50.7 Å². The fourth-order valence-corrected chi connectivity index (χ4v) is 14.0. The number of hydrogen-bond acceptors (Lipinski definition) is 10. The van der Waals surface area contributed by atoms with Crippen LogP contribution in [0.1, 0.15) is 93.4 Å². The summed E-state index contributed by atoms with van der Waals surface area (Å²) in [7, 11) is 0. The Morgan fingerprint density at radius 3 is 2.22 bits per heavy atom. The molecule has 5 aliphatic carbocycles. The summed E-state index contributed by atoms with van der Waals surface area (Å²) in [5.74, 6) is -0.820. The normalized spacial score (nSPS) is 62.7. The molecule has 3 saturated heterocycles. The van der Waals surface area contributed by atoms with Crippen molar-refractivity contribution in [1.29, 1.82) is 0 Å². The SMILES string of the molecule is C[C@@H]1CC2O[C@@]3(OC2C(C)(C)O)[C@H](O)[C@@]2(C)[C@@H]4CC[C@H]5C(C)(C)[C@@H](O[C@@H]6OC[C@H](O)[C@H](O)[C@H]6O)CC[C@@]56C[C@@]46C[C@@H](O)[C@]2(C)[C@@H]13. The number of hydrogen-bond donors (Lipinski definition) is 6. The van der Waals surface area contributed by atoms with E-state index in [1.54, 1.807) is 13.8 Å². The van der Waals surface area contributed by atoms with Gasteiger partial charge in [-0.05, 0) is 92.8 Å². The van der Waals surface area contributed by atoms with Gasteiger partial charge in [-0.3, -0.25) is 0 Å². The molecule has 3 aliphatic heterocycles. The predicted octanol–water partition coefficient (Wildman–Crippen LogP) is 2.09. The largest absolute Gasteiger partial charge is 0.393 e. The first-order valence-electron chi connectivity index (χ1n) is 17.6. The van der Waals surface area contributed by atoms with Crippen molar-refractivity contribution in [2.45, 2.75) is 160 Å². The van der Waals surface area contributed by atoms with E-state index in [-0.39, 0.29) is 52.8 Å². The molecule has 2 unspecified atom stereocenters. The average molecular weight is 637 g/mol. The highest BCUT2D eigenvalue weighted by Crippen LogP contribution is 2.90. The van der Waals surface area contributed by atoms with Crippen molar-refractivity contribution in [3.63, 3.8) is 0 Å². The zero-order valence-electron chi connectivity index (χ0n) is 28.0. The number of fused-ring (bicyclic) bond motifs is 4. The van der Waals surface area contributed by atoms with Crippen LogP contribution in [0, 0.1) is 50.7 Å². The first-order valence-corrected chi connectivity index (χ1v) is 17.6. The van der Waals surface area contributed by atoms with Crippen LogP contribution in [0.5, 0.6) is 0 Å². The summed E-state index contributed by atoms with van der Waals surface area (Å²) in [6, 6.07) is 0. The third kappa shape index (κ3) is 3.51. The highest BCUT2D eigenvalue weighted by molar-refractivity contribution is 5.36. The Morgan fingerprint density at radius 2 is 1.53 bits per heavy atom. The van der Waals surface area contributed by atoms with Gasteiger partial charge in [0.05, 0.1) is 30.5 Å². The van der Waals surface area contributed by atoms with Crippen LogP contribution in [-0.2, 0) is 18.9 Å². The van der Waals surface area contributed by atoms with E-state index in [1.165, 1.54) is 0 Å². The quantitative estimate of drug-likeness (QED) is 0.254. The van der Waals surface area contributed by atoms with Crippen LogP contribution < -0.4 is 0 Å². The average Bonchev–Trinajstić information content (AvgIpc) is 3.44. The molecule has 45 heavy (non-hydrogen) atoms. The van der Waals surface area contributed by atoms with Gasteiger partial charge in [-0.25, -0.2) is 0 Å². The lowest BCUT2D eigenvalue weighted by Crippen LogP contribution is -2.64. The molecule has 8 rings (SSSR count). The third-order valence-electron chi connectivity index (χ3n) is 15.9. The summed E-state index contributed by atoms with van der Waals surface area (Å²) in [6.07, 6.45) is -1.40. The van der Waals surface area contributed by atoms with Gasteiger partial charge in [0.2, 0.25) is 0 Å². The maximum atomic E-state index is 12.7. The summed E-state index contributed by atoms with van der Waals surface area (Å²) in [4.78, 5) is 0. The van der Waals surface area contributed by atoms with Crippen LogP contribution in [0.15, 0.2) is 0 Å². The van der Waals surface area contributed by atoms with Crippen molar-refractivity contribution in [3.8, 4) is 0 Å². The van der Waals surface area contributed by atoms with Crippen molar-refractivity contribution >= 4 is 0 Å². The molecule has 3 spiro atoms. The van der Waals surface area contributed by atoms with Gasteiger partial charge in [-0.15, -0.1) is 0 Å². The molecule has 0 aromatic carbocycles. The molecule has 0 radical (unpaired) electrons. The first-order chi connectivity index (χ1) is 20.8. The second kappa shape index (κ2) is 9.23. The third-order valence-corrected chi connectivity index (χ3v) is 15.9. The Bertz CT molecular complexity index is 1240. The zero-order chi connectivity index (χ0) is 32.5. The molecule has 8 fully saturated rings. The molecule has 0 aromatic heterocycles. The Morgan fingerprint density at radius 1 is 0.844 bits per heavy atom. The Balaban J connectivity index is 1.12. The summed E-state index contributed by atoms with van der Waals surface area (Å²) in [5, 5.41) is 67.0. The molecule has 8 aliphatic rings. The first kappa shape index (κ1) is 31.8. The van der Waals surface area contributed by atoms with Gasteiger partial charge >= 0.3 is 0 Å². The van der Waals surface area contributed by atoms with E-state index in [2.05, 4.69) is 34.6 Å². The molecule has 3 heterocycles. The minimum Gasteiger partial charge on any atom is -0.393 e. The molecule has 6 N–H and O–H groups in total. The maximum Gasteiger partial charge on any atom is 0.199 e. The molecule has 10 heteroatoms. The van der Waals surface area contributed by atoms with E-state index in [1.807, 2.05) is 0 Å². The summed E-state index contributed by atoms with van der Waals surface area (Å²) in [6.45, 7) is 14.5. The second-order valence-corrected chi connectivity index (χ2v) is 18.4. The van der Waals surface area contributed by atoms with Gasteiger partial charge < -0.3 is 49.6 Å². The van der Waals surface area contributed by atoms with Crippen LogP contribution in [0.2, 0.25) is 0 Å². The van der Waals surface area contributed by atoms with E-state index in [4.69, 9.17) is 18.9 Å². The highest BCUT2D eigenvalue weighted by atomic mass is 16.8. The Labute approximate surface area is 266 Å². The monoisotopic (exact) mass is 636 g/mol. The molecule has 5 saturated carbocycles. The molecule has 10 nitrogen and oxygen atoms in total. The molecule has 256 valence electrons. The molecular weight excluding hydrogens is 580 g/mol. The van der Waals surface area contributed by atoms with Gasteiger partial charge in [0.1, 0.15) is 30.5 Å². The van der Waals surface area contributed by atoms with Crippen LogP contribution in [0.4, 0.5) is 0 Å². The van der Waals surface area contributed by atoms with E-state index < -0.39 is 65.1 Å². The molecule has 18 atom stereocenters. The Kier molecular flexibility index (Phi) is 6.53.